The van der Waals surface area contributed by atoms with Gasteiger partial charge in [0.05, 0.1) is 24.8 Å². The molecule has 2 aromatic carbocycles. The van der Waals surface area contributed by atoms with Gasteiger partial charge in [-0.2, -0.15) is 0 Å². The molecule has 0 spiro atoms. The van der Waals surface area contributed by atoms with Crippen LogP contribution in [0.1, 0.15) is 27.3 Å². The number of nitrogens with one attached hydrogen (secondary N) is 2. The second-order valence-electron chi connectivity index (χ2n) is 7.27. The number of carbonyl (C=O) groups excluding carboxylic acids is 1. The van der Waals surface area contributed by atoms with E-state index in [4.69, 9.17) is 0 Å². The number of likely N-dealkylation sites (tertiary alicyclic amines) is 1. The van der Waals surface area contributed by atoms with E-state index in [1.807, 2.05) is 13.0 Å². The monoisotopic (exact) mass is 396 g/mol. The molecule has 0 bridgehead atoms. The van der Waals surface area contributed by atoms with E-state index in [1.165, 1.54) is 33.9 Å². The van der Waals surface area contributed by atoms with E-state index in [0.717, 1.165) is 36.6 Å². The number of nitrogens with zero attached hydrogens (tertiary/aromatic N) is 1. The minimum atomic E-state index is -0.279. The Balaban J connectivity index is 1.38. The van der Waals surface area contributed by atoms with Crippen LogP contribution in [0.5, 0.6) is 0 Å². The van der Waals surface area contributed by atoms with E-state index in [2.05, 4.69) is 34.6 Å². The summed E-state index contributed by atoms with van der Waals surface area (Å²) in [6, 6.07) is 16.8. The number of aryl methyl sites for hydroxylation is 1. The van der Waals surface area contributed by atoms with Gasteiger partial charge in [-0.1, -0.05) is 30.3 Å². The number of thiazole rings is 1. The molecule has 28 heavy (non-hydrogen) atoms. The quantitative estimate of drug-likeness (QED) is 0.697. The van der Waals surface area contributed by atoms with Gasteiger partial charge in [-0.3, -0.25) is 4.79 Å². The van der Waals surface area contributed by atoms with Crippen molar-refractivity contribution in [3.05, 3.63) is 76.5 Å². The lowest BCUT2D eigenvalue weighted by Gasteiger charge is -2.14. The predicted octanol–water partition coefficient (Wildman–Crippen LogP) is 2.84. The average molecular weight is 397 g/mol. The van der Waals surface area contributed by atoms with Crippen LogP contribution in [-0.2, 0) is 6.54 Å². The molecule has 0 radical (unpaired) electrons. The van der Waals surface area contributed by atoms with Crippen molar-refractivity contribution >= 4 is 17.2 Å². The van der Waals surface area contributed by atoms with Crippen molar-refractivity contribution < 1.29 is 14.1 Å². The summed E-state index contributed by atoms with van der Waals surface area (Å²) >= 11 is 1.36. The van der Waals surface area contributed by atoms with E-state index >= 15 is 0 Å². The highest BCUT2D eigenvalue weighted by atomic mass is 32.1. The minimum Gasteiger partial charge on any atom is -0.343 e. The van der Waals surface area contributed by atoms with E-state index in [-0.39, 0.29) is 17.8 Å². The topological polar surface area (TPSA) is 46.4 Å². The van der Waals surface area contributed by atoms with E-state index in [1.54, 1.807) is 12.1 Å². The molecule has 6 heteroatoms. The molecular weight excluding hydrogens is 373 g/mol. The lowest BCUT2D eigenvalue weighted by molar-refractivity contribution is -0.901. The summed E-state index contributed by atoms with van der Waals surface area (Å²) < 4.78 is 13.1. The largest absolute Gasteiger partial charge is 0.343 e. The first-order valence-corrected chi connectivity index (χ1v) is 10.3. The van der Waals surface area contributed by atoms with Gasteiger partial charge in [-0.05, 0) is 31.2 Å². The summed E-state index contributed by atoms with van der Waals surface area (Å²) in [5, 5.41) is 3.92. The average Bonchev–Trinajstić information content (AvgIpc) is 3.29. The molecule has 1 aliphatic heterocycles. The second kappa shape index (κ2) is 8.20. The van der Waals surface area contributed by atoms with Gasteiger partial charge in [0, 0.05) is 17.5 Å². The molecule has 3 aromatic rings. The molecule has 1 aliphatic rings. The summed E-state index contributed by atoms with van der Waals surface area (Å²) in [5.41, 5.74) is 2.87. The van der Waals surface area contributed by atoms with Gasteiger partial charge in [-0.25, -0.2) is 9.37 Å². The molecule has 1 saturated heterocycles. The maximum absolute atomic E-state index is 13.1. The Kier molecular flexibility index (Phi) is 5.50. The highest BCUT2D eigenvalue weighted by Gasteiger charge is 2.28. The number of hydrogen-bond donors (Lipinski definition) is 2. The molecule has 2 N–H and O–H groups in total. The Morgan fingerprint density at radius 3 is 2.71 bits per heavy atom. The Hall–Kier alpha value is -2.57. The molecule has 2 heterocycles. The zero-order valence-electron chi connectivity index (χ0n) is 15.7. The first-order valence-electron chi connectivity index (χ1n) is 9.50. The van der Waals surface area contributed by atoms with Crippen molar-refractivity contribution in [2.24, 2.45) is 0 Å². The third kappa shape index (κ3) is 4.29. The fraction of sp³-hybridized carbons (Fsp3) is 0.273. The highest BCUT2D eigenvalue weighted by molar-refractivity contribution is 7.17. The summed E-state index contributed by atoms with van der Waals surface area (Å²) in [4.78, 5) is 19.4. The third-order valence-corrected chi connectivity index (χ3v) is 6.31. The number of benzene rings is 2. The number of hydrogen-bond acceptors (Lipinski definition) is 3. The molecule has 4 rings (SSSR count). The SMILES string of the molecule is Cc1nc(-c2ccc(F)cc2)sc1C(=O)N[C@@H]1CC[NH+](Cc2ccccc2)C1. The van der Waals surface area contributed by atoms with Gasteiger partial charge in [0.25, 0.3) is 5.91 Å². The standard InChI is InChI=1S/C22H22FN3OS/c1-15-20(28-22(24-15)17-7-9-18(23)10-8-17)21(27)25-19-11-12-26(14-19)13-16-5-3-2-4-6-16/h2-10,19H,11-14H2,1H3,(H,25,27)/p+1/t19-/m1/s1. The van der Waals surface area contributed by atoms with Crippen LogP contribution >= 0.6 is 11.3 Å². The number of carbonyl (C=O) groups is 1. The van der Waals surface area contributed by atoms with Gasteiger partial charge < -0.3 is 10.2 Å². The van der Waals surface area contributed by atoms with Crippen molar-refractivity contribution in [3.63, 3.8) is 0 Å². The number of halogens is 1. The molecule has 2 atom stereocenters. The first-order chi connectivity index (χ1) is 13.6. The fourth-order valence-corrected chi connectivity index (χ4v) is 4.65. The maximum atomic E-state index is 13.1. The Morgan fingerprint density at radius 1 is 1.21 bits per heavy atom. The van der Waals surface area contributed by atoms with Crippen molar-refractivity contribution in [1.29, 1.82) is 0 Å². The zero-order valence-corrected chi connectivity index (χ0v) is 16.6. The van der Waals surface area contributed by atoms with Crippen LogP contribution in [0.4, 0.5) is 4.39 Å². The van der Waals surface area contributed by atoms with Crippen LogP contribution in [0.15, 0.2) is 54.6 Å². The van der Waals surface area contributed by atoms with Gasteiger partial charge >= 0.3 is 0 Å². The number of aromatic nitrogens is 1. The minimum absolute atomic E-state index is 0.0608. The summed E-state index contributed by atoms with van der Waals surface area (Å²) in [6.07, 6.45) is 0.983. The molecule has 4 nitrogen and oxygen atoms in total. The van der Waals surface area contributed by atoms with Gasteiger partial charge in [0.1, 0.15) is 22.2 Å². The predicted molar refractivity (Wildman–Crippen MR) is 109 cm³/mol. The van der Waals surface area contributed by atoms with Crippen molar-refractivity contribution in [2.75, 3.05) is 13.1 Å². The van der Waals surface area contributed by atoms with Crippen LogP contribution in [-0.4, -0.2) is 30.0 Å². The molecule has 0 saturated carbocycles. The molecule has 144 valence electrons. The number of rotatable bonds is 5. The lowest BCUT2D eigenvalue weighted by Crippen LogP contribution is -3.09. The third-order valence-electron chi connectivity index (χ3n) is 5.11. The molecule has 0 aliphatic carbocycles. The smallest absolute Gasteiger partial charge is 0.263 e. The Labute approximate surface area is 168 Å². The summed E-state index contributed by atoms with van der Waals surface area (Å²) in [7, 11) is 0. The first kappa shape index (κ1) is 18.8. The summed E-state index contributed by atoms with van der Waals surface area (Å²) in [6.45, 7) is 4.83. The van der Waals surface area contributed by atoms with Crippen molar-refractivity contribution in [1.82, 2.24) is 10.3 Å². The molecule has 1 unspecified atom stereocenters. The van der Waals surface area contributed by atoms with Crippen LogP contribution in [0.3, 0.4) is 0 Å². The fourth-order valence-electron chi connectivity index (χ4n) is 3.67. The number of amides is 1. The van der Waals surface area contributed by atoms with E-state index < -0.39 is 0 Å². The molecule has 1 fully saturated rings. The Bertz CT molecular complexity index is 956. The van der Waals surface area contributed by atoms with Crippen molar-refractivity contribution in [2.45, 2.75) is 25.9 Å². The molecular formula is C22H23FN3OS+. The normalized spacial score (nSPS) is 18.9. The van der Waals surface area contributed by atoms with Crippen molar-refractivity contribution in [3.8, 4) is 10.6 Å². The second-order valence-corrected chi connectivity index (χ2v) is 8.27. The molecule has 1 amide bonds. The number of quaternary nitrogens is 1. The van der Waals surface area contributed by atoms with E-state index in [0.29, 0.717) is 10.6 Å². The van der Waals surface area contributed by atoms with Gasteiger partial charge in [0.2, 0.25) is 0 Å². The highest BCUT2D eigenvalue weighted by Crippen LogP contribution is 2.28. The van der Waals surface area contributed by atoms with Crippen LogP contribution in [0.25, 0.3) is 10.6 Å². The van der Waals surface area contributed by atoms with E-state index in [9.17, 15) is 9.18 Å². The zero-order chi connectivity index (χ0) is 19.5. The van der Waals surface area contributed by atoms with Crippen LogP contribution < -0.4 is 10.2 Å². The maximum Gasteiger partial charge on any atom is 0.263 e. The Morgan fingerprint density at radius 2 is 1.96 bits per heavy atom. The summed E-state index contributed by atoms with van der Waals surface area (Å²) in [5.74, 6) is -0.340. The van der Waals surface area contributed by atoms with Crippen LogP contribution in [0, 0.1) is 12.7 Å². The lowest BCUT2D eigenvalue weighted by atomic mass is 10.2. The van der Waals surface area contributed by atoms with Crippen LogP contribution in [0.2, 0.25) is 0 Å². The van der Waals surface area contributed by atoms with Gasteiger partial charge in [0.15, 0.2) is 0 Å². The molecule has 1 aromatic heterocycles. The van der Waals surface area contributed by atoms with Gasteiger partial charge in [-0.15, -0.1) is 11.3 Å².